The van der Waals surface area contributed by atoms with Crippen LogP contribution in [0, 0.1) is 0 Å². The van der Waals surface area contributed by atoms with Crippen molar-refractivity contribution in [2.75, 3.05) is 0 Å². The predicted octanol–water partition coefficient (Wildman–Crippen LogP) is 11.4. The lowest BCUT2D eigenvalue weighted by Crippen LogP contribution is -2.01. The Morgan fingerprint density at radius 2 is 1.15 bits per heavy atom. The van der Waals surface area contributed by atoms with Gasteiger partial charge in [0.1, 0.15) is 5.82 Å². The van der Waals surface area contributed by atoms with Gasteiger partial charge in [-0.25, -0.2) is 4.98 Å². The first-order chi connectivity index (χ1) is 25.2. The molecule has 47 heavy (non-hydrogen) atoms. The summed E-state index contributed by atoms with van der Waals surface area (Å²) in [5.74, 6) is -0.152. The van der Waals surface area contributed by atoms with Crippen molar-refractivity contribution in [1.29, 1.82) is 0 Å². The summed E-state index contributed by atoms with van der Waals surface area (Å²) < 4.78 is 43.5. The Bertz CT molecular complexity index is 2750. The number of rotatable bonds is 5. The summed E-state index contributed by atoms with van der Waals surface area (Å²) in [6, 6.07) is 51.0. The zero-order valence-electron chi connectivity index (χ0n) is 30.4. The van der Waals surface area contributed by atoms with E-state index in [4.69, 9.17) is 6.85 Å². The molecule has 3 heteroatoms. The number of aromatic nitrogens is 3. The largest absolute Gasteiger partial charge is 0.296 e. The topological polar surface area (TPSA) is 30.7 Å². The van der Waals surface area contributed by atoms with E-state index < -0.39 is 13.2 Å². The lowest BCUT2D eigenvalue weighted by molar-refractivity contribution is 0.913. The van der Waals surface area contributed by atoms with Crippen LogP contribution in [0.2, 0.25) is 0 Å². The third-order valence-electron chi connectivity index (χ3n) is 9.15. The molecule has 0 amide bonds. The van der Waals surface area contributed by atoms with Crippen molar-refractivity contribution in [1.82, 2.24) is 14.5 Å². The normalized spacial score (nSPS) is 13.7. The fourth-order valence-electron chi connectivity index (χ4n) is 7.12. The maximum absolute atomic E-state index is 8.77. The highest BCUT2D eigenvalue weighted by Gasteiger charge is 2.20. The molecule has 0 fully saturated rings. The van der Waals surface area contributed by atoms with Gasteiger partial charge in [-0.05, 0) is 79.5 Å². The minimum atomic E-state index is -2.93. The van der Waals surface area contributed by atoms with Gasteiger partial charge in [0, 0.05) is 30.4 Å². The standard InChI is InChI=1S/C44H31N3/c1-2-42-46-39-20-9-10-21-41(39)47(42)40-27-26-37(31-13-3-4-14-32(31)40)44-35-17-7-5-15-33(35)43(34-16-6-8-18-36(34)44)30-24-22-29(23-25-30)38-19-11-12-28-45-38/h3-28H,2H2,1H3/i1D3,2D2. The molecule has 2 heterocycles. The molecular formula is C44H31N3. The molecule has 0 atom stereocenters. The van der Waals surface area contributed by atoms with Crippen LogP contribution in [0.1, 0.15) is 19.5 Å². The molecule has 9 aromatic rings. The molecule has 9 rings (SSSR count). The second-order valence-electron chi connectivity index (χ2n) is 11.7. The van der Waals surface area contributed by atoms with Gasteiger partial charge in [-0.1, -0.05) is 128 Å². The van der Waals surface area contributed by atoms with Crippen LogP contribution in [0.4, 0.5) is 0 Å². The Morgan fingerprint density at radius 1 is 0.553 bits per heavy atom. The fourth-order valence-corrected chi connectivity index (χ4v) is 7.12. The maximum atomic E-state index is 8.77. The second kappa shape index (κ2) is 11.1. The molecule has 0 bridgehead atoms. The van der Waals surface area contributed by atoms with Crippen LogP contribution in [-0.4, -0.2) is 14.5 Å². The second-order valence-corrected chi connectivity index (χ2v) is 11.7. The molecule has 0 saturated heterocycles. The first-order valence-electron chi connectivity index (χ1n) is 18.2. The van der Waals surface area contributed by atoms with Crippen molar-refractivity contribution < 1.29 is 6.85 Å². The van der Waals surface area contributed by atoms with Crippen molar-refractivity contribution in [3.8, 4) is 39.2 Å². The van der Waals surface area contributed by atoms with Gasteiger partial charge in [-0.3, -0.25) is 9.55 Å². The van der Waals surface area contributed by atoms with E-state index in [0.29, 0.717) is 16.7 Å². The maximum Gasteiger partial charge on any atom is 0.114 e. The van der Waals surface area contributed by atoms with Crippen LogP contribution in [-0.2, 0) is 6.37 Å². The minimum absolute atomic E-state index is 0.152. The van der Waals surface area contributed by atoms with Crippen LogP contribution >= 0.6 is 0 Å². The van der Waals surface area contributed by atoms with Crippen molar-refractivity contribution in [2.45, 2.75) is 13.2 Å². The quantitative estimate of drug-likeness (QED) is 0.183. The Hall–Kier alpha value is -6.06. The summed E-state index contributed by atoms with van der Waals surface area (Å²) >= 11 is 0. The summed E-state index contributed by atoms with van der Waals surface area (Å²) in [4.78, 5) is 9.12. The number of para-hydroxylation sites is 2. The minimum Gasteiger partial charge on any atom is -0.296 e. The van der Waals surface area contributed by atoms with Crippen molar-refractivity contribution >= 4 is 43.4 Å². The van der Waals surface area contributed by atoms with E-state index in [-0.39, 0.29) is 5.82 Å². The highest BCUT2D eigenvalue weighted by Crippen LogP contribution is 2.46. The average molecular weight is 607 g/mol. The predicted molar refractivity (Wildman–Crippen MR) is 197 cm³/mol. The van der Waals surface area contributed by atoms with Crippen molar-refractivity contribution in [2.24, 2.45) is 0 Å². The van der Waals surface area contributed by atoms with E-state index in [1.807, 2.05) is 66.9 Å². The van der Waals surface area contributed by atoms with Gasteiger partial charge in [0.2, 0.25) is 0 Å². The summed E-state index contributed by atoms with van der Waals surface area (Å²) in [7, 11) is 0. The number of hydrogen-bond acceptors (Lipinski definition) is 2. The Kier molecular flexibility index (Phi) is 5.29. The third-order valence-corrected chi connectivity index (χ3v) is 9.15. The Morgan fingerprint density at radius 3 is 1.83 bits per heavy atom. The van der Waals surface area contributed by atoms with Gasteiger partial charge < -0.3 is 0 Å². The monoisotopic (exact) mass is 606 g/mol. The van der Waals surface area contributed by atoms with E-state index in [2.05, 4.69) is 94.9 Å². The molecule has 222 valence electrons. The van der Waals surface area contributed by atoms with Gasteiger partial charge in [-0.2, -0.15) is 0 Å². The molecule has 0 radical (unpaired) electrons. The van der Waals surface area contributed by atoms with Gasteiger partial charge in [0.05, 0.1) is 22.4 Å². The molecule has 0 spiro atoms. The zero-order valence-corrected chi connectivity index (χ0v) is 25.4. The van der Waals surface area contributed by atoms with Gasteiger partial charge in [-0.15, -0.1) is 0 Å². The molecule has 0 saturated carbocycles. The summed E-state index contributed by atoms with van der Waals surface area (Å²) in [6.45, 7) is -2.93. The van der Waals surface area contributed by atoms with Crippen LogP contribution in [0.5, 0.6) is 0 Å². The SMILES string of the molecule is [2H]C([2H])([2H])C([2H])([2H])c1nc2ccccc2n1-c1ccc(-c2c3ccccc3c(-c3ccc(-c4ccccn4)cc3)c3ccccc23)c2ccccc12. The van der Waals surface area contributed by atoms with Crippen LogP contribution in [0.3, 0.4) is 0 Å². The number of hydrogen-bond donors (Lipinski definition) is 0. The van der Waals surface area contributed by atoms with Gasteiger partial charge in [0.15, 0.2) is 0 Å². The molecule has 0 aliphatic rings. The van der Waals surface area contributed by atoms with Gasteiger partial charge in [0.25, 0.3) is 0 Å². The first kappa shape index (κ1) is 22.4. The fraction of sp³-hybridized carbons (Fsp3) is 0.0455. The number of nitrogens with zero attached hydrogens (tertiary/aromatic N) is 3. The number of benzene rings is 7. The summed E-state index contributed by atoms with van der Waals surface area (Å²) in [5.41, 5.74) is 8.20. The molecule has 0 aliphatic heterocycles. The summed E-state index contributed by atoms with van der Waals surface area (Å²) in [5, 5.41) is 6.28. The number of pyridine rings is 1. The lowest BCUT2D eigenvalue weighted by atomic mass is 9.84. The molecule has 3 nitrogen and oxygen atoms in total. The molecule has 2 aromatic heterocycles. The highest BCUT2D eigenvalue weighted by atomic mass is 15.1. The number of aryl methyl sites for hydroxylation is 1. The van der Waals surface area contributed by atoms with E-state index in [1.165, 1.54) is 0 Å². The molecule has 0 N–H and O–H groups in total. The molecule has 0 unspecified atom stereocenters. The zero-order chi connectivity index (χ0) is 35.6. The molecule has 7 aromatic carbocycles. The highest BCUT2D eigenvalue weighted by molar-refractivity contribution is 6.23. The van der Waals surface area contributed by atoms with E-state index in [1.54, 1.807) is 10.6 Å². The van der Waals surface area contributed by atoms with Crippen LogP contribution in [0.25, 0.3) is 82.5 Å². The van der Waals surface area contributed by atoms with E-state index in [9.17, 15) is 0 Å². The van der Waals surface area contributed by atoms with Crippen molar-refractivity contribution in [3.05, 3.63) is 164 Å². The van der Waals surface area contributed by atoms with E-state index >= 15 is 0 Å². The lowest BCUT2D eigenvalue weighted by Gasteiger charge is -2.20. The number of fused-ring (bicyclic) bond motifs is 4. The third kappa shape index (κ3) is 4.35. The smallest absolute Gasteiger partial charge is 0.114 e. The van der Waals surface area contributed by atoms with Crippen LogP contribution in [0.15, 0.2) is 158 Å². The average Bonchev–Trinajstić information content (AvgIpc) is 3.57. The first-order valence-corrected chi connectivity index (χ1v) is 15.7. The molecular weight excluding hydrogens is 571 g/mol. The Balaban J connectivity index is 1.31. The Labute approximate surface area is 280 Å². The van der Waals surface area contributed by atoms with E-state index in [0.717, 1.165) is 65.8 Å². The van der Waals surface area contributed by atoms with Crippen molar-refractivity contribution in [3.63, 3.8) is 0 Å². The van der Waals surface area contributed by atoms with Crippen LogP contribution < -0.4 is 0 Å². The number of imidazole rings is 1. The van der Waals surface area contributed by atoms with Gasteiger partial charge >= 0.3 is 0 Å². The summed E-state index contributed by atoms with van der Waals surface area (Å²) in [6.07, 6.45) is -0.894. The molecule has 0 aliphatic carbocycles.